The van der Waals surface area contributed by atoms with E-state index in [2.05, 4.69) is 5.16 Å². The molecule has 0 saturated carbocycles. The average Bonchev–Trinajstić information content (AvgIpc) is 2.14. The minimum atomic E-state index is 0.154. The molecule has 1 unspecified atom stereocenters. The normalized spacial score (nSPS) is 34.1. The Morgan fingerprint density at radius 3 is 3.00 bits per heavy atom. The number of nitrogens with zero attached hydrogens (tertiary/aromatic N) is 1. The molecule has 1 aliphatic heterocycles. The van der Waals surface area contributed by atoms with Crippen molar-refractivity contribution in [2.24, 2.45) is 5.16 Å². The van der Waals surface area contributed by atoms with Gasteiger partial charge in [0.15, 0.2) is 0 Å². The molecule has 4 heteroatoms. The highest BCUT2D eigenvalue weighted by Crippen LogP contribution is 2.21. The third-order valence-electron chi connectivity index (χ3n) is 0.855. The number of hydrogen-bond donors (Lipinski definition) is 1. The second-order valence-electron chi connectivity index (χ2n) is 1.49. The molecule has 0 aromatic rings. The van der Waals surface area contributed by atoms with Gasteiger partial charge in [-0.05, 0) is 6.92 Å². The predicted octanol–water partition coefficient (Wildman–Crippen LogP) is 0.883. The van der Waals surface area contributed by atoms with Crippen LogP contribution in [-0.2, 0) is 4.74 Å². The minimum Gasteiger partial charge on any atom is -0.410 e. The molecule has 1 rings (SSSR count). The maximum Gasteiger partial charge on any atom is 0.141 e. The van der Waals surface area contributed by atoms with E-state index in [0.29, 0.717) is 11.7 Å². The Bertz CT molecular complexity index is 115. The first-order chi connectivity index (χ1) is 3.83. The summed E-state index contributed by atoms with van der Waals surface area (Å²) in [5.41, 5.74) is 0.154. The molecule has 0 amide bonds. The van der Waals surface area contributed by atoms with E-state index < -0.39 is 0 Å². The predicted molar refractivity (Wildman–Crippen MR) is 32.2 cm³/mol. The summed E-state index contributed by atoms with van der Waals surface area (Å²) in [7, 11) is 0. The van der Waals surface area contributed by atoms with Crippen LogP contribution in [0.1, 0.15) is 6.92 Å². The number of hydrogen-bond acceptors (Lipinski definition) is 4. The van der Waals surface area contributed by atoms with Crippen LogP contribution in [0.5, 0.6) is 0 Å². The van der Waals surface area contributed by atoms with E-state index >= 15 is 0 Å². The van der Waals surface area contributed by atoms with E-state index in [9.17, 15) is 0 Å². The smallest absolute Gasteiger partial charge is 0.141 e. The zero-order valence-electron chi connectivity index (χ0n) is 4.50. The molecule has 46 valence electrons. The van der Waals surface area contributed by atoms with Gasteiger partial charge in [-0.2, -0.15) is 0 Å². The molecule has 0 aromatic carbocycles. The highest BCUT2D eigenvalue weighted by Gasteiger charge is 2.17. The fourth-order valence-electron chi connectivity index (χ4n) is 0.501. The van der Waals surface area contributed by atoms with Gasteiger partial charge in [0.2, 0.25) is 0 Å². The zero-order chi connectivity index (χ0) is 5.98. The molecule has 8 heavy (non-hydrogen) atoms. The first-order valence-electron chi connectivity index (χ1n) is 2.32. The van der Waals surface area contributed by atoms with Crippen molar-refractivity contribution in [1.82, 2.24) is 0 Å². The van der Waals surface area contributed by atoms with Crippen molar-refractivity contribution in [2.45, 2.75) is 12.4 Å². The number of ether oxygens (including phenoxy) is 1. The van der Waals surface area contributed by atoms with E-state index in [1.165, 1.54) is 11.8 Å². The second kappa shape index (κ2) is 2.37. The second-order valence-corrected chi connectivity index (χ2v) is 2.86. The van der Waals surface area contributed by atoms with Gasteiger partial charge in [-0.25, -0.2) is 0 Å². The summed E-state index contributed by atoms with van der Waals surface area (Å²) in [6, 6.07) is 0. The van der Waals surface area contributed by atoms with Crippen LogP contribution in [0.2, 0.25) is 0 Å². The SMILES string of the molecule is CC1OC/C(=N/O)S1. The lowest BCUT2D eigenvalue weighted by molar-refractivity contribution is 0.170. The van der Waals surface area contributed by atoms with Crippen LogP contribution >= 0.6 is 11.8 Å². The highest BCUT2D eigenvalue weighted by molar-refractivity contribution is 8.14. The molecular weight excluding hydrogens is 126 g/mol. The van der Waals surface area contributed by atoms with E-state index in [1.807, 2.05) is 6.92 Å². The number of rotatable bonds is 0. The summed E-state index contributed by atoms with van der Waals surface area (Å²) in [5.74, 6) is 0. The van der Waals surface area contributed by atoms with Crippen molar-refractivity contribution in [2.75, 3.05) is 6.61 Å². The first kappa shape index (κ1) is 5.91. The Kier molecular flexibility index (Phi) is 1.75. The molecule has 1 aliphatic rings. The molecule has 3 nitrogen and oxygen atoms in total. The molecule has 1 heterocycles. The Morgan fingerprint density at radius 1 is 2.00 bits per heavy atom. The molecule has 0 bridgehead atoms. The molecule has 0 aromatic heterocycles. The maximum atomic E-state index is 8.17. The van der Waals surface area contributed by atoms with Gasteiger partial charge >= 0.3 is 0 Å². The first-order valence-corrected chi connectivity index (χ1v) is 3.20. The zero-order valence-corrected chi connectivity index (χ0v) is 5.31. The van der Waals surface area contributed by atoms with Gasteiger partial charge in [0, 0.05) is 0 Å². The van der Waals surface area contributed by atoms with Crippen LogP contribution in [0.25, 0.3) is 0 Å². The molecular formula is C4H7NO2S. The number of oxime groups is 1. The molecule has 1 N–H and O–H groups in total. The summed E-state index contributed by atoms with van der Waals surface area (Å²) >= 11 is 1.44. The van der Waals surface area contributed by atoms with E-state index in [0.717, 1.165) is 0 Å². The third-order valence-corrected chi connectivity index (χ3v) is 1.79. The molecule has 0 aliphatic carbocycles. The summed E-state index contributed by atoms with van der Waals surface area (Å²) in [6.07, 6.45) is 0. The van der Waals surface area contributed by atoms with Crippen molar-refractivity contribution < 1.29 is 9.94 Å². The quantitative estimate of drug-likeness (QED) is 0.394. The maximum absolute atomic E-state index is 8.17. The van der Waals surface area contributed by atoms with Crippen molar-refractivity contribution in [3.05, 3.63) is 0 Å². The van der Waals surface area contributed by atoms with E-state index in [1.54, 1.807) is 0 Å². The Morgan fingerprint density at radius 2 is 2.75 bits per heavy atom. The molecule has 0 spiro atoms. The molecule has 1 saturated heterocycles. The van der Waals surface area contributed by atoms with Crippen LogP contribution in [0, 0.1) is 0 Å². The van der Waals surface area contributed by atoms with E-state index in [-0.39, 0.29) is 5.44 Å². The fraction of sp³-hybridized carbons (Fsp3) is 0.750. The van der Waals surface area contributed by atoms with Gasteiger partial charge in [0.05, 0.1) is 6.61 Å². The van der Waals surface area contributed by atoms with Crippen molar-refractivity contribution in [3.63, 3.8) is 0 Å². The molecule has 0 radical (unpaired) electrons. The van der Waals surface area contributed by atoms with Gasteiger partial charge in [0.25, 0.3) is 0 Å². The van der Waals surface area contributed by atoms with Gasteiger partial charge in [-0.15, -0.1) is 0 Å². The standard InChI is InChI=1S/C4H7NO2S/c1-3-7-2-4(5-6)8-3/h3,6H,2H2,1H3/b5-4-. The lowest BCUT2D eigenvalue weighted by Crippen LogP contribution is -1.92. The van der Waals surface area contributed by atoms with Crippen LogP contribution < -0.4 is 0 Å². The average molecular weight is 133 g/mol. The summed E-state index contributed by atoms with van der Waals surface area (Å²) in [6.45, 7) is 2.38. The molecule has 1 fully saturated rings. The Hall–Kier alpha value is -0.220. The summed E-state index contributed by atoms with van der Waals surface area (Å²) in [4.78, 5) is 0. The summed E-state index contributed by atoms with van der Waals surface area (Å²) in [5, 5.41) is 11.8. The molecule has 1 atom stereocenters. The van der Waals surface area contributed by atoms with Gasteiger partial charge in [0.1, 0.15) is 10.5 Å². The van der Waals surface area contributed by atoms with Crippen LogP contribution in [0.4, 0.5) is 0 Å². The van der Waals surface area contributed by atoms with Crippen LogP contribution in [0.3, 0.4) is 0 Å². The largest absolute Gasteiger partial charge is 0.410 e. The van der Waals surface area contributed by atoms with Crippen molar-refractivity contribution >= 4 is 16.8 Å². The van der Waals surface area contributed by atoms with Gasteiger partial charge < -0.3 is 9.94 Å². The van der Waals surface area contributed by atoms with Crippen LogP contribution in [0.15, 0.2) is 5.16 Å². The van der Waals surface area contributed by atoms with Gasteiger partial charge in [-0.3, -0.25) is 0 Å². The Balaban J connectivity index is 2.44. The lowest BCUT2D eigenvalue weighted by atomic mass is 10.8. The van der Waals surface area contributed by atoms with Gasteiger partial charge in [-0.1, -0.05) is 16.9 Å². The fourth-order valence-corrected chi connectivity index (χ4v) is 1.20. The monoisotopic (exact) mass is 133 g/mol. The highest BCUT2D eigenvalue weighted by atomic mass is 32.2. The van der Waals surface area contributed by atoms with Crippen molar-refractivity contribution in [3.8, 4) is 0 Å². The third kappa shape index (κ3) is 1.14. The topological polar surface area (TPSA) is 41.8 Å². The van der Waals surface area contributed by atoms with Crippen LogP contribution in [-0.4, -0.2) is 22.3 Å². The summed E-state index contributed by atoms with van der Waals surface area (Å²) < 4.78 is 5.03. The minimum absolute atomic E-state index is 0.154. The Labute approximate surface area is 51.7 Å². The number of thioether (sulfide) groups is 1. The van der Waals surface area contributed by atoms with E-state index in [4.69, 9.17) is 9.94 Å². The van der Waals surface area contributed by atoms with Crippen molar-refractivity contribution in [1.29, 1.82) is 0 Å². The lowest BCUT2D eigenvalue weighted by Gasteiger charge is -1.92.